The normalized spacial score (nSPS) is 30.1. The Balaban J connectivity index is 1.32. The highest BCUT2D eigenvalue weighted by atomic mass is 32.1. The molecule has 0 spiro atoms. The molecular formula is C21H34N4OS. The number of fused-ring (bicyclic) bond motifs is 1. The molecule has 1 aromatic heterocycles. The number of carbonyl (C=O) groups is 1. The van der Waals surface area contributed by atoms with E-state index in [1.54, 1.807) is 11.3 Å². The predicted octanol–water partition coefficient (Wildman–Crippen LogP) is 2.99. The summed E-state index contributed by atoms with van der Waals surface area (Å²) in [7, 11) is 0. The zero-order chi connectivity index (χ0) is 19.0. The topological polar surface area (TPSA) is 39.7 Å². The number of hydrogen-bond donors (Lipinski definition) is 0. The second-order valence-electron chi connectivity index (χ2n) is 8.96. The molecule has 4 heterocycles. The molecule has 150 valence electrons. The maximum Gasteiger partial charge on any atom is 0.239 e. The summed E-state index contributed by atoms with van der Waals surface area (Å²) in [5.74, 6) is 1.78. The highest BCUT2D eigenvalue weighted by Gasteiger charge is 2.41. The van der Waals surface area contributed by atoms with Gasteiger partial charge in [-0.3, -0.25) is 14.6 Å². The van der Waals surface area contributed by atoms with Crippen LogP contribution in [0.4, 0.5) is 0 Å². The predicted molar refractivity (Wildman–Crippen MR) is 110 cm³/mol. The Hall–Kier alpha value is -0.980. The van der Waals surface area contributed by atoms with Crippen molar-refractivity contribution in [2.75, 3.05) is 32.7 Å². The van der Waals surface area contributed by atoms with E-state index in [0.717, 1.165) is 50.7 Å². The van der Waals surface area contributed by atoms with Crippen molar-refractivity contribution in [2.45, 2.75) is 65.1 Å². The number of aryl methyl sites for hydroxylation is 1. The van der Waals surface area contributed by atoms with Crippen LogP contribution in [0.15, 0.2) is 5.38 Å². The van der Waals surface area contributed by atoms with E-state index in [4.69, 9.17) is 0 Å². The lowest BCUT2D eigenvalue weighted by atomic mass is 9.92. The molecule has 3 fully saturated rings. The molecule has 3 atom stereocenters. The Morgan fingerprint density at radius 3 is 2.48 bits per heavy atom. The minimum absolute atomic E-state index is 0.136. The zero-order valence-corrected chi connectivity index (χ0v) is 17.9. The van der Waals surface area contributed by atoms with Gasteiger partial charge in [-0.15, -0.1) is 11.3 Å². The average Bonchev–Trinajstić information content (AvgIpc) is 3.34. The lowest BCUT2D eigenvalue weighted by Crippen LogP contribution is -2.47. The van der Waals surface area contributed by atoms with E-state index in [9.17, 15) is 4.79 Å². The maximum atomic E-state index is 13.2. The van der Waals surface area contributed by atoms with Crippen molar-refractivity contribution in [1.29, 1.82) is 0 Å². The monoisotopic (exact) mass is 390 g/mol. The lowest BCUT2D eigenvalue weighted by molar-refractivity contribution is -0.135. The van der Waals surface area contributed by atoms with Crippen LogP contribution < -0.4 is 0 Å². The second-order valence-corrected chi connectivity index (χ2v) is 10.0. The molecule has 3 saturated heterocycles. The number of amides is 1. The molecule has 5 nitrogen and oxygen atoms in total. The summed E-state index contributed by atoms with van der Waals surface area (Å²) in [5, 5.41) is 3.36. The molecule has 6 heteroatoms. The summed E-state index contributed by atoms with van der Waals surface area (Å²) in [6, 6.07) is 0.606. The fourth-order valence-electron chi connectivity index (χ4n) is 5.33. The quantitative estimate of drug-likeness (QED) is 0.792. The fraction of sp³-hybridized carbons (Fsp3) is 0.810. The lowest BCUT2D eigenvalue weighted by Gasteiger charge is -2.31. The Kier molecular flexibility index (Phi) is 5.86. The Labute approximate surface area is 167 Å². The van der Waals surface area contributed by atoms with Crippen LogP contribution in [-0.4, -0.2) is 70.4 Å². The van der Waals surface area contributed by atoms with Gasteiger partial charge in [-0.1, -0.05) is 0 Å². The SMILES string of the molecule is Cc1nc(CN2CC[C@@H]3CN(C(=O)[C@@H]4CCCN4C(C)C)C[C@@H]3CC2)cs1. The molecular weight excluding hydrogens is 356 g/mol. The maximum absolute atomic E-state index is 13.2. The molecule has 0 N–H and O–H groups in total. The Morgan fingerprint density at radius 2 is 1.89 bits per heavy atom. The van der Waals surface area contributed by atoms with Crippen LogP contribution in [0.3, 0.4) is 0 Å². The third-order valence-corrected chi connectivity index (χ3v) is 7.64. The Morgan fingerprint density at radius 1 is 1.19 bits per heavy atom. The van der Waals surface area contributed by atoms with Gasteiger partial charge in [0.1, 0.15) is 0 Å². The minimum Gasteiger partial charge on any atom is -0.341 e. The summed E-state index contributed by atoms with van der Waals surface area (Å²) in [4.78, 5) is 25.0. The van der Waals surface area contributed by atoms with Crippen LogP contribution >= 0.6 is 11.3 Å². The van der Waals surface area contributed by atoms with Crippen LogP contribution in [0, 0.1) is 18.8 Å². The van der Waals surface area contributed by atoms with E-state index < -0.39 is 0 Å². The largest absolute Gasteiger partial charge is 0.341 e. The summed E-state index contributed by atoms with van der Waals surface area (Å²) in [6.45, 7) is 12.8. The van der Waals surface area contributed by atoms with E-state index >= 15 is 0 Å². The fourth-order valence-corrected chi connectivity index (χ4v) is 5.94. The van der Waals surface area contributed by atoms with Gasteiger partial charge in [-0.2, -0.15) is 0 Å². The van der Waals surface area contributed by atoms with E-state index in [-0.39, 0.29) is 6.04 Å². The molecule has 3 aliphatic heterocycles. The second kappa shape index (κ2) is 8.18. The van der Waals surface area contributed by atoms with E-state index in [1.807, 2.05) is 0 Å². The van der Waals surface area contributed by atoms with Crippen molar-refractivity contribution >= 4 is 17.2 Å². The standard InChI is InChI=1S/C21H34N4OS/c1-15(2)25-8-4-5-20(25)21(26)24-11-17-6-9-23(10-7-18(17)12-24)13-19-14-27-16(3)22-19/h14-15,17-18,20H,4-13H2,1-3H3/t17-,18+,20-/m0/s1. The van der Waals surface area contributed by atoms with Crippen LogP contribution in [0.1, 0.15) is 50.2 Å². The van der Waals surface area contributed by atoms with Gasteiger partial charge in [0.15, 0.2) is 0 Å². The number of nitrogens with zero attached hydrogens (tertiary/aromatic N) is 4. The van der Waals surface area contributed by atoms with E-state index in [0.29, 0.717) is 23.8 Å². The molecule has 1 aromatic rings. The first kappa shape index (κ1) is 19.3. The summed E-state index contributed by atoms with van der Waals surface area (Å²) < 4.78 is 0. The Bertz CT molecular complexity index is 644. The molecule has 0 aromatic carbocycles. The molecule has 0 unspecified atom stereocenters. The van der Waals surface area contributed by atoms with E-state index in [2.05, 4.69) is 45.8 Å². The van der Waals surface area contributed by atoms with Crippen molar-refractivity contribution in [3.8, 4) is 0 Å². The summed E-state index contributed by atoms with van der Waals surface area (Å²) >= 11 is 1.75. The van der Waals surface area contributed by atoms with Crippen LogP contribution in [0.25, 0.3) is 0 Å². The molecule has 0 bridgehead atoms. The molecule has 4 rings (SSSR count). The first-order chi connectivity index (χ1) is 13.0. The van der Waals surface area contributed by atoms with Gasteiger partial charge < -0.3 is 4.90 Å². The number of likely N-dealkylation sites (tertiary alicyclic amines) is 3. The summed E-state index contributed by atoms with van der Waals surface area (Å²) in [6.07, 6.45) is 4.65. The third-order valence-electron chi connectivity index (χ3n) is 6.82. The molecule has 0 aliphatic carbocycles. The first-order valence-corrected chi connectivity index (χ1v) is 11.6. The van der Waals surface area contributed by atoms with Crippen molar-refractivity contribution < 1.29 is 4.79 Å². The van der Waals surface area contributed by atoms with Crippen molar-refractivity contribution in [3.63, 3.8) is 0 Å². The number of hydrogen-bond acceptors (Lipinski definition) is 5. The van der Waals surface area contributed by atoms with Crippen molar-refractivity contribution in [3.05, 3.63) is 16.1 Å². The molecule has 3 aliphatic rings. The molecule has 27 heavy (non-hydrogen) atoms. The van der Waals surface area contributed by atoms with Gasteiger partial charge >= 0.3 is 0 Å². The number of rotatable bonds is 4. The van der Waals surface area contributed by atoms with Gasteiger partial charge in [-0.25, -0.2) is 4.98 Å². The van der Waals surface area contributed by atoms with E-state index in [1.165, 1.54) is 25.0 Å². The van der Waals surface area contributed by atoms with Crippen LogP contribution in [0.5, 0.6) is 0 Å². The number of thiazole rings is 1. The molecule has 0 saturated carbocycles. The minimum atomic E-state index is 0.136. The van der Waals surface area contributed by atoms with Crippen molar-refractivity contribution in [1.82, 2.24) is 19.7 Å². The number of aromatic nitrogens is 1. The average molecular weight is 391 g/mol. The highest BCUT2D eigenvalue weighted by molar-refractivity contribution is 7.09. The van der Waals surface area contributed by atoms with Gasteiger partial charge in [0.2, 0.25) is 5.91 Å². The highest BCUT2D eigenvalue weighted by Crippen LogP contribution is 2.34. The zero-order valence-electron chi connectivity index (χ0n) is 17.1. The summed E-state index contributed by atoms with van der Waals surface area (Å²) in [5.41, 5.74) is 1.22. The van der Waals surface area contributed by atoms with Crippen LogP contribution in [0.2, 0.25) is 0 Å². The van der Waals surface area contributed by atoms with Gasteiger partial charge in [0.25, 0.3) is 0 Å². The third kappa shape index (κ3) is 4.22. The van der Waals surface area contributed by atoms with Crippen LogP contribution in [-0.2, 0) is 11.3 Å². The van der Waals surface area contributed by atoms with Gasteiger partial charge in [0, 0.05) is 31.1 Å². The number of carbonyl (C=O) groups excluding carboxylic acids is 1. The first-order valence-electron chi connectivity index (χ1n) is 10.7. The molecule has 1 amide bonds. The van der Waals surface area contributed by atoms with Gasteiger partial charge in [0.05, 0.1) is 16.7 Å². The van der Waals surface area contributed by atoms with Gasteiger partial charge in [-0.05, 0) is 77.9 Å². The smallest absolute Gasteiger partial charge is 0.239 e. The van der Waals surface area contributed by atoms with Crippen molar-refractivity contribution in [2.24, 2.45) is 11.8 Å². The molecule has 0 radical (unpaired) electrons.